The zero-order valence-electron chi connectivity index (χ0n) is 13.7. The van der Waals surface area contributed by atoms with Crippen LogP contribution < -0.4 is 0 Å². The molecule has 0 aliphatic carbocycles. The first-order valence-electron chi connectivity index (χ1n) is 6.89. The van der Waals surface area contributed by atoms with Crippen molar-refractivity contribution in [3.05, 3.63) is 12.2 Å². The van der Waals surface area contributed by atoms with Gasteiger partial charge < -0.3 is 9.64 Å². The number of hydrogen-bond acceptors (Lipinski definition) is 3. The van der Waals surface area contributed by atoms with E-state index < -0.39 is 0 Å². The van der Waals surface area contributed by atoms with Gasteiger partial charge in [0.2, 0.25) is 0 Å². The first kappa shape index (κ1) is 22.4. The molecule has 0 aliphatic rings. The van der Waals surface area contributed by atoms with Gasteiger partial charge in [-0.3, -0.25) is 0 Å². The fraction of sp³-hybridized carbons (Fsp3) is 0.800. The Morgan fingerprint density at radius 2 is 1.67 bits per heavy atom. The summed E-state index contributed by atoms with van der Waals surface area (Å²) in [6.07, 6.45) is 1.25. The lowest BCUT2D eigenvalue weighted by Gasteiger charge is -2.20. The van der Waals surface area contributed by atoms with Crippen LogP contribution in [0.2, 0.25) is 0 Å². The minimum atomic E-state index is -0.308. The molecule has 0 aromatic heterocycles. The molecule has 0 unspecified atom stereocenters. The number of rotatable bonds is 5. The number of ether oxygens (including phenoxy) is 1. The maximum Gasteiger partial charge on any atom is 0.333 e. The van der Waals surface area contributed by atoms with Crippen molar-refractivity contribution < 1.29 is 9.53 Å². The number of hydrogen-bond donors (Lipinski definition) is 0. The van der Waals surface area contributed by atoms with E-state index in [4.69, 9.17) is 4.74 Å². The smallest absolute Gasteiger partial charge is 0.333 e. The van der Waals surface area contributed by atoms with Crippen molar-refractivity contribution in [1.29, 1.82) is 0 Å². The van der Waals surface area contributed by atoms with E-state index >= 15 is 0 Å². The molecule has 0 rings (SSSR count). The maximum atomic E-state index is 11.0. The van der Waals surface area contributed by atoms with E-state index in [0.29, 0.717) is 18.2 Å². The average Bonchev–Trinajstić information content (AvgIpc) is 2.32. The number of carbonyl (C=O) groups excluding carboxylic acids is 1. The quantitative estimate of drug-likeness (QED) is 0.554. The van der Waals surface area contributed by atoms with Crippen LogP contribution >= 0.6 is 0 Å². The molecular weight excluding hydrogens is 226 g/mol. The molecule has 0 aromatic carbocycles. The van der Waals surface area contributed by atoms with Gasteiger partial charge in [-0.25, -0.2) is 4.79 Å². The van der Waals surface area contributed by atoms with E-state index in [0.717, 1.165) is 6.54 Å². The summed E-state index contributed by atoms with van der Waals surface area (Å²) in [5.41, 5.74) is 0.451. The molecule has 3 heteroatoms. The van der Waals surface area contributed by atoms with Crippen molar-refractivity contribution in [3.8, 4) is 0 Å². The number of esters is 1. The molecule has 0 N–H and O–H groups in total. The maximum absolute atomic E-state index is 11.0. The lowest BCUT2D eigenvalue weighted by Crippen LogP contribution is -2.30. The second-order valence-electron chi connectivity index (χ2n) is 4.20. The SMILES string of the molecule is C=C(C)C(=O)OCCN(C)C(C)C.CC.CCC. The molecule has 110 valence electrons. The van der Waals surface area contributed by atoms with Gasteiger partial charge in [0, 0.05) is 18.2 Å². The number of nitrogens with zero attached hydrogens (tertiary/aromatic N) is 1. The van der Waals surface area contributed by atoms with Crippen LogP contribution in [0.3, 0.4) is 0 Å². The molecule has 0 saturated carbocycles. The Hall–Kier alpha value is -0.830. The van der Waals surface area contributed by atoms with Gasteiger partial charge >= 0.3 is 5.97 Å². The van der Waals surface area contributed by atoms with E-state index in [1.807, 2.05) is 20.9 Å². The summed E-state index contributed by atoms with van der Waals surface area (Å²) in [7, 11) is 2.00. The Bertz CT molecular complexity index is 201. The van der Waals surface area contributed by atoms with Gasteiger partial charge in [-0.15, -0.1) is 0 Å². The highest BCUT2D eigenvalue weighted by Gasteiger charge is 2.05. The molecule has 0 aromatic rings. The molecular formula is C15H33NO2. The highest BCUT2D eigenvalue weighted by atomic mass is 16.5. The molecule has 0 heterocycles. The zero-order chi connectivity index (χ0) is 15.1. The monoisotopic (exact) mass is 259 g/mol. The van der Waals surface area contributed by atoms with Gasteiger partial charge in [-0.1, -0.05) is 40.7 Å². The summed E-state index contributed by atoms with van der Waals surface area (Å²) < 4.78 is 4.94. The Labute approximate surface area is 114 Å². The Morgan fingerprint density at radius 1 is 1.28 bits per heavy atom. The Balaban J connectivity index is -0.000000389. The summed E-state index contributed by atoms with van der Waals surface area (Å²) in [6.45, 7) is 18.8. The van der Waals surface area contributed by atoms with Gasteiger partial charge in [-0.2, -0.15) is 0 Å². The van der Waals surface area contributed by atoms with Crippen molar-refractivity contribution in [1.82, 2.24) is 4.90 Å². The summed E-state index contributed by atoms with van der Waals surface area (Å²) in [5.74, 6) is -0.308. The van der Waals surface area contributed by atoms with Crippen LogP contribution in [0.15, 0.2) is 12.2 Å². The summed E-state index contributed by atoms with van der Waals surface area (Å²) in [4.78, 5) is 13.1. The van der Waals surface area contributed by atoms with E-state index in [-0.39, 0.29) is 5.97 Å². The average molecular weight is 259 g/mol. The molecule has 0 fully saturated rings. The van der Waals surface area contributed by atoms with Gasteiger partial charge in [0.1, 0.15) is 6.61 Å². The van der Waals surface area contributed by atoms with Crippen LogP contribution in [0.4, 0.5) is 0 Å². The summed E-state index contributed by atoms with van der Waals surface area (Å²) >= 11 is 0. The summed E-state index contributed by atoms with van der Waals surface area (Å²) in [5, 5.41) is 0. The summed E-state index contributed by atoms with van der Waals surface area (Å²) in [6, 6.07) is 0.475. The number of carbonyl (C=O) groups is 1. The van der Waals surface area contributed by atoms with E-state index in [2.05, 4.69) is 39.2 Å². The molecule has 0 spiro atoms. The lowest BCUT2D eigenvalue weighted by molar-refractivity contribution is -0.139. The van der Waals surface area contributed by atoms with E-state index in [1.54, 1.807) is 6.92 Å². The van der Waals surface area contributed by atoms with Crippen molar-refractivity contribution in [3.63, 3.8) is 0 Å². The second kappa shape index (κ2) is 16.2. The third-order valence-electron chi connectivity index (χ3n) is 1.91. The molecule has 0 atom stereocenters. The van der Waals surface area contributed by atoms with Crippen LogP contribution in [-0.2, 0) is 9.53 Å². The van der Waals surface area contributed by atoms with Crippen LogP contribution in [0.5, 0.6) is 0 Å². The van der Waals surface area contributed by atoms with Crippen LogP contribution in [0.25, 0.3) is 0 Å². The minimum Gasteiger partial charge on any atom is -0.461 e. The first-order chi connectivity index (χ1) is 8.36. The topological polar surface area (TPSA) is 29.5 Å². The van der Waals surface area contributed by atoms with Gasteiger partial charge in [0.25, 0.3) is 0 Å². The highest BCUT2D eigenvalue weighted by Crippen LogP contribution is 1.95. The van der Waals surface area contributed by atoms with Crippen LogP contribution in [-0.4, -0.2) is 37.1 Å². The Morgan fingerprint density at radius 3 is 1.94 bits per heavy atom. The van der Waals surface area contributed by atoms with Crippen molar-refractivity contribution in [2.45, 2.75) is 60.9 Å². The van der Waals surface area contributed by atoms with Gasteiger partial charge in [0.05, 0.1) is 0 Å². The molecule has 0 aliphatic heterocycles. The molecule has 0 radical (unpaired) electrons. The fourth-order valence-electron chi connectivity index (χ4n) is 0.664. The molecule has 18 heavy (non-hydrogen) atoms. The van der Waals surface area contributed by atoms with Gasteiger partial charge in [-0.05, 0) is 27.8 Å². The molecule has 0 bridgehead atoms. The molecule has 3 nitrogen and oxygen atoms in total. The standard InChI is InChI=1S/C10H19NO2.C3H8.C2H6/c1-8(2)10(12)13-7-6-11(5)9(3)4;1-3-2;1-2/h9H,1,6-7H2,2-5H3;3H2,1-2H3;1-2H3. The van der Waals surface area contributed by atoms with Gasteiger partial charge in [0.15, 0.2) is 0 Å². The van der Waals surface area contributed by atoms with E-state index in [1.165, 1.54) is 6.42 Å². The number of likely N-dealkylation sites (N-methyl/N-ethyl adjacent to an activating group) is 1. The van der Waals surface area contributed by atoms with Crippen molar-refractivity contribution >= 4 is 5.97 Å². The fourth-order valence-corrected chi connectivity index (χ4v) is 0.664. The van der Waals surface area contributed by atoms with E-state index in [9.17, 15) is 4.79 Å². The van der Waals surface area contributed by atoms with Crippen molar-refractivity contribution in [2.24, 2.45) is 0 Å². The normalized spacial score (nSPS) is 9.00. The van der Waals surface area contributed by atoms with Crippen molar-refractivity contribution in [2.75, 3.05) is 20.2 Å². The molecule has 0 saturated heterocycles. The largest absolute Gasteiger partial charge is 0.461 e. The molecule has 0 amide bonds. The Kier molecular flexibility index (Phi) is 20.1. The predicted octanol–water partition coefficient (Wildman–Crippen LogP) is 3.89. The predicted molar refractivity (Wildman–Crippen MR) is 80.9 cm³/mol. The lowest BCUT2D eigenvalue weighted by atomic mass is 10.3. The van der Waals surface area contributed by atoms with Crippen LogP contribution in [0.1, 0.15) is 54.9 Å². The highest BCUT2D eigenvalue weighted by molar-refractivity contribution is 5.86. The third kappa shape index (κ3) is 17.6. The zero-order valence-corrected chi connectivity index (χ0v) is 13.7. The third-order valence-corrected chi connectivity index (χ3v) is 1.91. The second-order valence-corrected chi connectivity index (χ2v) is 4.20. The van der Waals surface area contributed by atoms with Crippen LogP contribution in [0, 0.1) is 0 Å². The minimum absolute atomic E-state index is 0.308. The first-order valence-corrected chi connectivity index (χ1v) is 6.89.